The molecule has 2 aromatic rings. The van der Waals surface area contributed by atoms with Gasteiger partial charge in [0.25, 0.3) is 5.56 Å². The smallest absolute Gasteiger partial charge is 0.294 e. The molecule has 0 unspecified atom stereocenters. The highest BCUT2D eigenvalue weighted by molar-refractivity contribution is 6.31. The SMILES string of the molecule is CC(C)(C)c1[nH]n(-c2cccnc2Cl)c(=O)c1N. The van der Waals surface area contributed by atoms with Gasteiger partial charge in [0.15, 0.2) is 5.15 Å². The van der Waals surface area contributed by atoms with Gasteiger partial charge in [-0.15, -0.1) is 0 Å². The summed E-state index contributed by atoms with van der Waals surface area (Å²) in [5.74, 6) is 0. The van der Waals surface area contributed by atoms with Crippen molar-refractivity contribution in [2.45, 2.75) is 26.2 Å². The number of hydrogen-bond acceptors (Lipinski definition) is 3. The highest BCUT2D eigenvalue weighted by Crippen LogP contribution is 2.25. The van der Waals surface area contributed by atoms with Crippen molar-refractivity contribution >= 4 is 17.3 Å². The molecule has 96 valence electrons. The number of aromatic nitrogens is 3. The monoisotopic (exact) mass is 266 g/mol. The lowest BCUT2D eigenvalue weighted by Crippen LogP contribution is -2.17. The number of nitrogens with zero attached hydrogens (tertiary/aromatic N) is 2. The number of hydrogen-bond donors (Lipinski definition) is 2. The fraction of sp³-hybridized carbons (Fsp3) is 0.333. The summed E-state index contributed by atoms with van der Waals surface area (Å²) < 4.78 is 1.32. The molecule has 6 heteroatoms. The number of rotatable bonds is 1. The van der Waals surface area contributed by atoms with Crippen LogP contribution in [0.15, 0.2) is 23.1 Å². The van der Waals surface area contributed by atoms with Crippen molar-refractivity contribution in [3.05, 3.63) is 39.5 Å². The Morgan fingerprint density at radius 3 is 2.61 bits per heavy atom. The second kappa shape index (κ2) is 4.17. The van der Waals surface area contributed by atoms with Crippen LogP contribution in [0.25, 0.3) is 5.69 Å². The third-order valence-corrected chi connectivity index (χ3v) is 2.95. The van der Waals surface area contributed by atoms with E-state index < -0.39 is 0 Å². The molecule has 0 radical (unpaired) electrons. The third-order valence-electron chi connectivity index (χ3n) is 2.66. The number of pyridine rings is 1. The van der Waals surface area contributed by atoms with E-state index in [-0.39, 0.29) is 21.8 Å². The van der Waals surface area contributed by atoms with Crippen LogP contribution < -0.4 is 11.3 Å². The summed E-state index contributed by atoms with van der Waals surface area (Å²) in [4.78, 5) is 16.1. The van der Waals surface area contributed by atoms with Crippen LogP contribution in [0.2, 0.25) is 5.15 Å². The molecule has 0 aliphatic heterocycles. The van der Waals surface area contributed by atoms with Crippen molar-refractivity contribution in [1.82, 2.24) is 14.8 Å². The summed E-state index contributed by atoms with van der Waals surface area (Å²) in [5.41, 5.74) is 6.68. The number of aromatic amines is 1. The van der Waals surface area contributed by atoms with Crippen LogP contribution in [0.1, 0.15) is 26.5 Å². The zero-order valence-electron chi connectivity index (χ0n) is 10.5. The molecule has 2 aromatic heterocycles. The Labute approximate surface area is 110 Å². The summed E-state index contributed by atoms with van der Waals surface area (Å²) in [7, 11) is 0. The summed E-state index contributed by atoms with van der Waals surface area (Å²) >= 11 is 5.97. The summed E-state index contributed by atoms with van der Waals surface area (Å²) in [6, 6.07) is 3.42. The van der Waals surface area contributed by atoms with Crippen molar-refractivity contribution in [2.75, 3.05) is 5.73 Å². The van der Waals surface area contributed by atoms with Crippen LogP contribution in [0.4, 0.5) is 5.69 Å². The highest BCUT2D eigenvalue weighted by Gasteiger charge is 2.23. The standard InChI is InChI=1S/C12H15ClN4O/c1-12(2,3)9-8(14)11(18)17(16-9)7-5-4-6-15-10(7)13/h4-6,16H,14H2,1-3H3. The molecule has 0 saturated heterocycles. The first-order valence-electron chi connectivity index (χ1n) is 5.54. The van der Waals surface area contributed by atoms with Crippen molar-refractivity contribution in [3.63, 3.8) is 0 Å². The van der Waals surface area contributed by atoms with E-state index in [9.17, 15) is 4.79 Å². The Kier molecular flexibility index (Phi) is 2.94. The molecule has 18 heavy (non-hydrogen) atoms. The van der Waals surface area contributed by atoms with E-state index in [0.29, 0.717) is 11.4 Å². The van der Waals surface area contributed by atoms with Crippen LogP contribution >= 0.6 is 11.6 Å². The minimum atomic E-state index is -0.310. The van der Waals surface area contributed by atoms with E-state index >= 15 is 0 Å². The lowest BCUT2D eigenvalue weighted by Gasteiger charge is -2.16. The van der Waals surface area contributed by atoms with Gasteiger partial charge in [0, 0.05) is 11.6 Å². The van der Waals surface area contributed by atoms with E-state index in [1.807, 2.05) is 20.8 Å². The van der Waals surface area contributed by atoms with Gasteiger partial charge in [-0.05, 0) is 12.1 Å². The average Bonchev–Trinajstić information content (AvgIpc) is 2.57. The molecule has 0 fully saturated rings. The quantitative estimate of drug-likeness (QED) is 0.776. The first-order chi connectivity index (χ1) is 8.32. The van der Waals surface area contributed by atoms with E-state index in [1.165, 1.54) is 4.68 Å². The van der Waals surface area contributed by atoms with E-state index in [0.717, 1.165) is 0 Å². The number of nitrogens with one attached hydrogen (secondary N) is 1. The third kappa shape index (κ3) is 2.01. The maximum atomic E-state index is 12.1. The summed E-state index contributed by atoms with van der Waals surface area (Å²) in [6.07, 6.45) is 1.56. The lowest BCUT2D eigenvalue weighted by atomic mass is 9.91. The van der Waals surface area contributed by atoms with Gasteiger partial charge in [0.05, 0.1) is 5.69 Å². The van der Waals surface area contributed by atoms with Crippen LogP contribution in [-0.2, 0) is 5.41 Å². The molecule has 3 N–H and O–H groups in total. The summed E-state index contributed by atoms with van der Waals surface area (Å²) in [6.45, 7) is 5.93. The van der Waals surface area contributed by atoms with Gasteiger partial charge in [-0.1, -0.05) is 32.4 Å². The van der Waals surface area contributed by atoms with Gasteiger partial charge in [-0.2, -0.15) is 0 Å². The second-order valence-corrected chi connectivity index (χ2v) is 5.46. The van der Waals surface area contributed by atoms with Crippen LogP contribution in [-0.4, -0.2) is 14.8 Å². The van der Waals surface area contributed by atoms with Crippen molar-refractivity contribution in [1.29, 1.82) is 0 Å². The molecule has 0 aliphatic rings. The first-order valence-corrected chi connectivity index (χ1v) is 5.92. The molecule has 0 aliphatic carbocycles. The average molecular weight is 267 g/mol. The molecule has 2 rings (SSSR count). The predicted octanol–water partition coefficient (Wildman–Crippen LogP) is 2.09. The van der Waals surface area contributed by atoms with Crippen molar-refractivity contribution < 1.29 is 0 Å². The maximum Gasteiger partial charge on any atom is 0.294 e. The summed E-state index contributed by atoms with van der Waals surface area (Å²) in [5, 5.41) is 3.25. The van der Waals surface area contributed by atoms with Gasteiger partial charge in [0.2, 0.25) is 0 Å². The number of H-pyrrole nitrogens is 1. The van der Waals surface area contributed by atoms with Gasteiger partial charge in [0.1, 0.15) is 11.4 Å². The molecule has 2 heterocycles. The normalized spacial score (nSPS) is 11.8. The molecule has 0 atom stereocenters. The molecule has 0 bridgehead atoms. The highest BCUT2D eigenvalue weighted by atomic mass is 35.5. The lowest BCUT2D eigenvalue weighted by molar-refractivity contribution is 0.561. The predicted molar refractivity (Wildman–Crippen MR) is 72.3 cm³/mol. The Balaban J connectivity index is 2.69. The molecule has 5 nitrogen and oxygen atoms in total. The molecular formula is C12H15ClN4O. The minimum Gasteiger partial charge on any atom is -0.393 e. The number of nitrogens with two attached hydrogens (primary N) is 1. The van der Waals surface area contributed by atoms with Gasteiger partial charge < -0.3 is 5.73 Å². The number of nitrogen functional groups attached to an aromatic ring is 1. The molecule has 0 saturated carbocycles. The molecule has 0 amide bonds. The minimum absolute atomic E-state index is 0.211. The van der Waals surface area contributed by atoms with Gasteiger partial charge >= 0.3 is 0 Å². The Morgan fingerprint density at radius 2 is 2.11 bits per heavy atom. The Bertz CT molecular complexity index is 636. The first kappa shape index (κ1) is 12.7. The maximum absolute atomic E-state index is 12.1. The fourth-order valence-electron chi connectivity index (χ4n) is 1.74. The van der Waals surface area contributed by atoms with Crippen molar-refractivity contribution in [2.24, 2.45) is 0 Å². The van der Waals surface area contributed by atoms with Gasteiger partial charge in [-0.25, -0.2) is 9.67 Å². The van der Waals surface area contributed by atoms with Crippen molar-refractivity contribution in [3.8, 4) is 5.69 Å². The largest absolute Gasteiger partial charge is 0.393 e. The van der Waals surface area contributed by atoms with Crippen LogP contribution in [0.5, 0.6) is 0 Å². The molecule has 0 aromatic carbocycles. The molecule has 0 spiro atoms. The Hall–Kier alpha value is -1.75. The van der Waals surface area contributed by atoms with E-state index in [2.05, 4.69) is 10.1 Å². The zero-order valence-corrected chi connectivity index (χ0v) is 11.2. The van der Waals surface area contributed by atoms with E-state index in [4.69, 9.17) is 17.3 Å². The number of halogens is 1. The Morgan fingerprint density at radius 1 is 1.44 bits per heavy atom. The van der Waals surface area contributed by atoms with Crippen LogP contribution in [0, 0.1) is 0 Å². The topological polar surface area (TPSA) is 76.7 Å². The number of anilines is 1. The van der Waals surface area contributed by atoms with E-state index in [1.54, 1.807) is 18.3 Å². The molecular weight excluding hydrogens is 252 g/mol. The second-order valence-electron chi connectivity index (χ2n) is 5.10. The zero-order chi connectivity index (χ0) is 13.5. The fourth-order valence-corrected chi connectivity index (χ4v) is 1.94. The van der Waals surface area contributed by atoms with Crippen LogP contribution in [0.3, 0.4) is 0 Å². The van der Waals surface area contributed by atoms with Gasteiger partial charge in [-0.3, -0.25) is 9.89 Å².